The molecule has 0 spiro atoms. The molecule has 0 aliphatic carbocycles. The van der Waals surface area contributed by atoms with Crippen molar-refractivity contribution in [2.24, 2.45) is 0 Å². The van der Waals surface area contributed by atoms with Crippen LogP contribution >= 0.6 is 0 Å². The number of carbonyl (C=O) groups excluding carboxylic acids is 1. The zero-order chi connectivity index (χ0) is 22.6. The number of nitrogens with zero attached hydrogens (tertiary/aromatic N) is 5. The van der Waals surface area contributed by atoms with Gasteiger partial charge in [-0.15, -0.1) is 0 Å². The first kappa shape index (κ1) is 23.0. The lowest BCUT2D eigenvalue weighted by Crippen LogP contribution is -2.50. The molecule has 1 N–H and O–H groups in total. The summed E-state index contributed by atoms with van der Waals surface area (Å²) in [6.45, 7) is 13.9. The van der Waals surface area contributed by atoms with Gasteiger partial charge in [-0.3, -0.25) is 4.90 Å². The molecule has 4 heterocycles. The molecule has 4 rings (SSSR count). The molecule has 32 heavy (non-hydrogen) atoms. The van der Waals surface area contributed by atoms with Crippen molar-refractivity contribution in [3.63, 3.8) is 0 Å². The number of ether oxygens (including phenoxy) is 2. The highest BCUT2D eigenvalue weighted by molar-refractivity contribution is 5.68. The number of piperazine rings is 1. The van der Waals surface area contributed by atoms with Gasteiger partial charge in [0.15, 0.2) is 0 Å². The average molecular weight is 447 g/mol. The Morgan fingerprint density at radius 1 is 1.03 bits per heavy atom. The van der Waals surface area contributed by atoms with Gasteiger partial charge in [0.25, 0.3) is 0 Å². The maximum Gasteiger partial charge on any atom is 0.410 e. The van der Waals surface area contributed by atoms with Crippen molar-refractivity contribution < 1.29 is 14.3 Å². The second kappa shape index (κ2) is 10.2. The molecule has 3 aliphatic rings. The lowest BCUT2D eigenvalue weighted by Gasteiger charge is -2.37. The van der Waals surface area contributed by atoms with Crippen LogP contribution in [0, 0.1) is 0 Å². The number of rotatable bonds is 5. The van der Waals surface area contributed by atoms with E-state index >= 15 is 0 Å². The molecule has 0 bridgehead atoms. The normalized spacial score (nSPS) is 20.1. The molecule has 9 nitrogen and oxygen atoms in total. The van der Waals surface area contributed by atoms with Gasteiger partial charge >= 0.3 is 12.1 Å². The molecular weight excluding hydrogens is 408 g/mol. The van der Waals surface area contributed by atoms with Crippen LogP contribution in [0.3, 0.4) is 0 Å². The molecule has 1 aromatic rings. The number of carbonyl (C=O) groups is 1. The fraction of sp³-hybridized carbons (Fsp3) is 0.783. The summed E-state index contributed by atoms with van der Waals surface area (Å²) in [5.41, 5.74) is 1.76. The highest BCUT2D eigenvalue weighted by Crippen LogP contribution is 2.27. The van der Waals surface area contributed by atoms with Crippen LogP contribution in [0.5, 0.6) is 6.01 Å². The maximum absolute atomic E-state index is 12.4. The van der Waals surface area contributed by atoms with Crippen LogP contribution in [0.2, 0.25) is 0 Å². The van der Waals surface area contributed by atoms with E-state index in [-0.39, 0.29) is 6.09 Å². The molecule has 1 amide bonds. The third kappa shape index (κ3) is 6.01. The zero-order valence-corrected chi connectivity index (χ0v) is 19.9. The largest absolute Gasteiger partial charge is 0.462 e. The van der Waals surface area contributed by atoms with Crippen LogP contribution in [0.4, 0.5) is 10.6 Å². The number of hydrogen-bond acceptors (Lipinski definition) is 8. The average Bonchev–Trinajstić information content (AvgIpc) is 2.78. The summed E-state index contributed by atoms with van der Waals surface area (Å²) in [4.78, 5) is 28.5. The quantitative estimate of drug-likeness (QED) is 0.736. The number of likely N-dealkylation sites (tertiary alicyclic amines) is 1. The van der Waals surface area contributed by atoms with Gasteiger partial charge in [-0.25, -0.2) is 4.79 Å². The Labute approximate surface area is 191 Å². The fourth-order valence-electron chi connectivity index (χ4n) is 4.52. The SMILES string of the molecule is CC(C)(C)OC(=O)N1CCN(c2nc(OCCN3CCCCC3)nc3c2CCNC3)CC1. The van der Waals surface area contributed by atoms with E-state index in [0.717, 1.165) is 63.7 Å². The first-order chi connectivity index (χ1) is 15.4. The van der Waals surface area contributed by atoms with Crippen LogP contribution in [0.1, 0.15) is 51.3 Å². The van der Waals surface area contributed by atoms with E-state index in [1.807, 2.05) is 20.8 Å². The third-order valence-electron chi connectivity index (χ3n) is 6.21. The van der Waals surface area contributed by atoms with E-state index in [1.165, 1.54) is 24.8 Å². The topological polar surface area (TPSA) is 83.1 Å². The predicted molar refractivity (Wildman–Crippen MR) is 123 cm³/mol. The summed E-state index contributed by atoms with van der Waals surface area (Å²) in [7, 11) is 0. The number of anilines is 1. The van der Waals surface area contributed by atoms with Crippen molar-refractivity contribution in [1.82, 2.24) is 25.1 Å². The molecule has 0 radical (unpaired) electrons. The summed E-state index contributed by atoms with van der Waals surface area (Å²) in [6.07, 6.45) is 4.56. The molecule has 1 aromatic heterocycles. The summed E-state index contributed by atoms with van der Waals surface area (Å²) >= 11 is 0. The molecule has 2 saturated heterocycles. The van der Waals surface area contributed by atoms with Crippen LogP contribution in [-0.4, -0.2) is 90.4 Å². The summed E-state index contributed by atoms with van der Waals surface area (Å²) in [5.74, 6) is 0.966. The van der Waals surface area contributed by atoms with Crippen molar-refractivity contribution in [1.29, 1.82) is 0 Å². The smallest absolute Gasteiger partial charge is 0.410 e. The van der Waals surface area contributed by atoms with Gasteiger partial charge in [-0.1, -0.05) is 6.42 Å². The summed E-state index contributed by atoms with van der Waals surface area (Å²) in [6, 6.07) is 0.467. The zero-order valence-electron chi connectivity index (χ0n) is 19.9. The molecule has 3 aliphatic heterocycles. The van der Waals surface area contributed by atoms with E-state index in [4.69, 9.17) is 19.4 Å². The van der Waals surface area contributed by atoms with E-state index in [1.54, 1.807) is 4.90 Å². The van der Waals surface area contributed by atoms with Crippen LogP contribution < -0.4 is 15.0 Å². The number of amides is 1. The minimum atomic E-state index is -0.479. The van der Waals surface area contributed by atoms with E-state index in [2.05, 4.69) is 15.1 Å². The lowest BCUT2D eigenvalue weighted by atomic mass is 10.1. The number of hydrogen-bond donors (Lipinski definition) is 1. The molecule has 178 valence electrons. The highest BCUT2D eigenvalue weighted by atomic mass is 16.6. The van der Waals surface area contributed by atoms with Gasteiger partial charge in [0.1, 0.15) is 18.0 Å². The number of nitrogens with one attached hydrogen (secondary N) is 1. The first-order valence-corrected chi connectivity index (χ1v) is 12.1. The van der Waals surface area contributed by atoms with Gasteiger partial charge in [-0.2, -0.15) is 9.97 Å². The van der Waals surface area contributed by atoms with Crippen molar-refractivity contribution in [3.05, 3.63) is 11.3 Å². The lowest BCUT2D eigenvalue weighted by molar-refractivity contribution is 0.0240. The van der Waals surface area contributed by atoms with Crippen molar-refractivity contribution in [3.8, 4) is 6.01 Å². The van der Waals surface area contributed by atoms with Crippen LogP contribution in [0.25, 0.3) is 0 Å². The highest BCUT2D eigenvalue weighted by Gasteiger charge is 2.29. The van der Waals surface area contributed by atoms with E-state index < -0.39 is 5.60 Å². The number of fused-ring (bicyclic) bond motifs is 1. The second-order valence-electron chi connectivity index (χ2n) is 9.89. The Morgan fingerprint density at radius 2 is 1.78 bits per heavy atom. The molecule has 0 unspecified atom stereocenters. The van der Waals surface area contributed by atoms with E-state index in [0.29, 0.717) is 25.7 Å². The standard InChI is InChI=1S/C23H38N6O3/c1-23(2,3)32-22(30)29-13-11-28(12-14-29)20-18-7-8-24-17-19(18)25-21(26-20)31-16-15-27-9-5-4-6-10-27/h24H,4-17H2,1-3H3. The van der Waals surface area contributed by atoms with Crippen molar-refractivity contribution in [2.75, 3.05) is 63.9 Å². The third-order valence-corrected chi connectivity index (χ3v) is 6.21. The Balaban J connectivity index is 1.40. The monoisotopic (exact) mass is 446 g/mol. The van der Waals surface area contributed by atoms with Gasteiger partial charge in [0.05, 0.1) is 5.69 Å². The molecule has 2 fully saturated rings. The van der Waals surface area contributed by atoms with E-state index in [9.17, 15) is 4.79 Å². The van der Waals surface area contributed by atoms with Gasteiger partial charge in [0, 0.05) is 44.8 Å². The first-order valence-electron chi connectivity index (χ1n) is 12.1. The Hall–Kier alpha value is -2.13. The molecule has 0 aromatic carbocycles. The predicted octanol–water partition coefficient (Wildman–Crippen LogP) is 2.04. The Morgan fingerprint density at radius 3 is 2.50 bits per heavy atom. The molecule has 0 atom stereocenters. The minimum absolute atomic E-state index is 0.243. The number of piperidine rings is 1. The molecule has 0 saturated carbocycles. The van der Waals surface area contributed by atoms with Crippen molar-refractivity contribution in [2.45, 2.75) is 58.6 Å². The summed E-state index contributed by atoms with van der Waals surface area (Å²) in [5, 5.41) is 3.41. The van der Waals surface area contributed by atoms with Gasteiger partial charge in [-0.05, 0) is 59.7 Å². The molecular formula is C23H38N6O3. The minimum Gasteiger partial charge on any atom is -0.462 e. The van der Waals surface area contributed by atoms with Crippen LogP contribution in [-0.2, 0) is 17.7 Å². The number of aromatic nitrogens is 2. The maximum atomic E-state index is 12.4. The second-order valence-corrected chi connectivity index (χ2v) is 9.89. The van der Waals surface area contributed by atoms with Gasteiger partial charge in [0.2, 0.25) is 0 Å². The molecule has 9 heteroatoms. The van der Waals surface area contributed by atoms with Gasteiger partial charge < -0.3 is 24.6 Å². The van der Waals surface area contributed by atoms with Crippen LogP contribution in [0.15, 0.2) is 0 Å². The Bertz CT molecular complexity index is 783. The van der Waals surface area contributed by atoms with Crippen molar-refractivity contribution >= 4 is 11.9 Å². The fourth-order valence-corrected chi connectivity index (χ4v) is 4.52. The Kier molecular flexibility index (Phi) is 7.35. The summed E-state index contributed by atoms with van der Waals surface area (Å²) < 4.78 is 11.6.